The van der Waals surface area contributed by atoms with Crippen LogP contribution in [0.25, 0.3) is 0 Å². The molecule has 1 saturated heterocycles. The molecule has 2 aliphatic rings. The number of hydrogen-bond acceptors (Lipinski definition) is 3. The Morgan fingerprint density at radius 1 is 1.26 bits per heavy atom. The van der Waals surface area contributed by atoms with E-state index in [0.717, 1.165) is 19.6 Å². The zero-order valence-corrected chi connectivity index (χ0v) is 12.2. The van der Waals surface area contributed by atoms with Gasteiger partial charge in [0.15, 0.2) is 0 Å². The molecule has 2 rings (SSSR count). The van der Waals surface area contributed by atoms with Gasteiger partial charge in [0.25, 0.3) is 0 Å². The second-order valence-electron chi connectivity index (χ2n) is 6.38. The van der Waals surface area contributed by atoms with Crippen LogP contribution in [0.3, 0.4) is 0 Å². The zero-order valence-electron chi connectivity index (χ0n) is 12.2. The van der Waals surface area contributed by atoms with Gasteiger partial charge in [-0.15, -0.1) is 0 Å². The number of piperazine rings is 1. The van der Waals surface area contributed by atoms with Crippen LogP contribution < -0.4 is 0 Å². The summed E-state index contributed by atoms with van der Waals surface area (Å²) in [7, 11) is 0. The molecule has 0 aromatic heterocycles. The Morgan fingerprint density at radius 3 is 2.32 bits per heavy atom. The van der Waals surface area contributed by atoms with E-state index in [2.05, 4.69) is 18.7 Å². The number of nitrogens with zero attached hydrogens (tertiary/aromatic N) is 2. The summed E-state index contributed by atoms with van der Waals surface area (Å²) in [5.41, 5.74) is -0.395. The highest BCUT2D eigenvalue weighted by atomic mass is 16.4. The van der Waals surface area contributed by atoms with Gasteiger partial charge >= 0.3 is 5.97 Å². The molecule has 3 unspecified atom stereocenters. The molecule has 1 heterocycles. The van der Waals surface area contributed by atoms with E-state index in [0.29, 0.717) is 12.6 Å². The molecule has 5 nitrogen and oxygen atoms in total. The molecule has 1 aliphatic carbocycles. The second-order valence-corrected chi connectivity index (χ2v) is 6.38. The Labute approximate surface area is 114 Å². The van der Waals surface area contributed by atoms with Crippen molar-refractivity contribution >= 4 is 11.9 Å². The van der Waals surface area contributed by atoms with Crippen LogP contribution in [0.15, 0.2) is 0 Å². The molecule has 19 heavy (non-hydrogen) atoms. The van der Waals surface area contributed by atoms with Crippen molar-refractivity contribution in [3.8, 4) is 0 Å². The molecule has 2 fully saturated rings. The summed E-state index contributed by atoms with van der Waals surface area (Å²) in [6.07, 6.45) is 0. The first kappa shape index (κ1) is 14.3. The van der Waals surface area contributed by atoms with E-state index < -0.39 is 17.3 Å². The number of carboxylic acids is 1. The lowest BCUT2D eigenvalue weighted by atomic mass is 10.1. The predicted octanol–water partition coefficient (Wildman–Crippen LogP) is 0.896. The van der Waals surface area contributed by atoms with Crippen LogP contribution in [0.2, 0.25) is 0 Å². The summed E-state index contributed by atoms with van der Waals surface area (Å²) < 4.78 is 0. The number of carboxylic acid groups (broad SMARTS) is 1. The summed E-state index contributed by atoms with van der Waals surface area (Å²) >= 11 is 0. The fourth-order valence-corrected chi connectivity index (χ4v) is 3.42. The normalized spacial score (nSPS) is 34.1. The number of carbonyl (C=O) groups is 2. The van der Waals surface area contributed by atoms with E-state index in [1.807, 2.05) is 18.7 Å². The lowest BCUT2D eigenvalue weighted by Gasteiger charge is -2.39. The standard InChI is InChI=1S/C14H24N2O3/c1-5-15-6-7-16(8-9(15)2)12(17)10-11(13(18)19)14(10,3)4/h9-11H,5-8H2,1-4H3,(H,18,19). The van der Waals surface area contributed by atoms with E-state index in [-0.39, 0.29) is 11.8 Å². The third-order valence-electron chi connectivity index (χ3n) is 4.84. The number of amides is 1. The molecule has 108 valence electrons. The minimum atomic E-state index is -0.844. The van der Waals surface area contributed by atoms with Crippen molar-refractivity contribution in [2.75, 3.05) is 26.2 Å². The summed E-state index contributed by atoms with van der Waals surface area (Å²) in [6.45, 7) is 11.3. The fraction of sp³-hybridized carbons (Fsp3) is 0.857. The third-order valence-corrected chi connectivity index (χ3v) is 4.84. The minimum Gasteiger partial charge on any atom is -0.481 e. The van der Waals surface area contributed by atoms with Gasteiger partial charge in [-0.1, -0.05) is 20.8 Å². The van der Waals surface area contributed by atoms with Gasteiger partial charge in [0, 0.05) is 25.7 Å². The van der Waals surface area contributed by atoms with Crippen LogP contribution in [-0.4, -0.2) is 59.0 Å². The average molecular weight is 268 g/mol. The fourth-order valence-electron chi connectivity index (χ4n) is 3.42. The summed E-state index contributed by atoms with van der Waals surface area (Å²) in [6, 6.07) is 0.354. The first-order valence-corrected chi connectivity index (χ1v) is 7.06. The van der Waals surface area contributed by atoms with Crippen molar-refractivity contribution in [1.29, 1.82) is 0 Å². The van der Waals surface area contributed by atoms with Crippen LogP contribution >= 0.6 is 0 Å². The lowest BCUT2D eigenvalue weighted by molar-refractivity contribution is -0.142. The maximum absolute atomic E-state index is 12.5. The highest BCUT2D eigenvalue weighted by molar-refractivity contribution is 5.91. The molecular formula is C14H24N2O3. The van der Waals surface area contributed by atoms with Gasteiger partial charge in [-0.2, -0.15) is 0 Å². The van der Waals surface area contributed by atoms with Crippen LogP contribution in [0.4, 0.5) is 0 Å². The van der Waals surface area contributed by atoms with Crippen molar-refractivity contribution in [3.63, 3.8) is 0 Å². The molecule has 1 saturated carbocycles. The Kier molecular flexibility index (Phi) is 3.60. The quantitative estimate of drug-likeness (QED) is 0.826. The maximum atomic E-state index is 12.5. The van der Waals surface area contributed by atoms with Crippen molar-refractivity contribution in [3.05, 3.63) is 0 Å². The van der Waals surface area contributed by atoms with E-state index in [1.54, 1.807) is 0 Å². The van der Waals surface area contributed by atoms with Gasteiger partial charge in [-0.3, -0.25) is 14.5 Å². The summed E-state index contributed by atoms with van der Waals surface area (Å²) in [4.78, 5) is 27.8. The highest BCUT2D eigenvalue weighted by Crippen LogP contribution is 2.59. The van der Waals surface area contributed by atoms with Crippen molar-refractivity contribution in [2.45, 2.75) is 33.7 Å². The van der Waals surface area contributed by atoms with Crippen molar-refractivity contribution in [1.82, 2.24) is 9.80 Å². The van der Waals surface area contributed by atoms with Crippen molar-refractivity contribution < 1.29 is 14.7 Å². The van der Waals surface area contributed by atoms with E-state index in [1.165, 1.54) is 0 Å². The number of hydrogen-bond donors (Lipinski definition) is 1. The maximum Gasteiger partial charge on any atom is 0.307 e. The third kappa shape index (κ3) is 2.36. The molecule has 1 N–H and O–H groups in total. The Hall–Kier alpha value is -1.10. The molecule has 5 heteroatoms. The molecule has 3 atom stereocenters. The van der Waals surface area contributed by atoms with E-state index in [4.69, 9.17) is 5.11 Å². The van der Waals surface area contributed by atoms with Gasteiger partial charge in [-0.25, -0.2) is 0 Å². The van der Waals surface area contributed by atoms with E-state index in [9.17, 15) is 9.59 Å². The molecule has 1 aliphatic heterocycles. The average Bonchev–Trinajstić information content (AvgIpc) is 2.91. The summed E-state index contributed by atoms with van der Waals surface area (Å²) in [5.74, 6) is -1.67. The molecule has 0 aromatic rings. The molecule has 1 amide bonds. The Bertz CT molecular complexity index is 394. The van der Waals surface area contributed by atoms with E-state index >= 15 is 0 Å². The SMILES string of the molecule is CCN1CCN(C(=O)C2C(C(=O)O)C2(C)C)CC1C. The number of rotatable bonds is 3. The van der Waals surface area contributed by atoms with Gasteiger partial charge in [-0.05, 0) is 18.9 Å². The first-order chi connectivity index (χ1) is 8.80. The van der Waals surface area contributed by atoms with Crippen LogP contribution in [-0.2, 0) is 9.59 Å². The highest BCUT2D eigenvalue weighted by Gasteiger charge is 2.66. The van der Waals surface area contributed by atoms with Crippen LogP contribution in [0.1, 0.15) is 27.7 Å². The number of likely N-dealkylation sites (N-methyl/N-ethyl adjacent to an activating group) is 1. The largest absolute Gasteiger partial charge is 0.481 e. The van der Waals surface area contributed by atoms with Crippen molar-refractivity contribution in [2.24, 2.45) is 17.3 Å². The van der Waals surface area contributed by atoms with Gasteiger partial charge in [0.2, 0.25) is 5.91 Å². The predicted molar refractivity (Wildman–Crippen MR) is 71.7 cm³/mol. The topological polar surface area (TPSA) is 60.9 Å². The van der Waals surface area contributed by atoms with Gasteiger partial charge in [0.05, 0.1) is 11.8 Å². The molecular weight excluding hydrogens is 244 g/mol. The molecule has 0 aromatic carbocycles. The molecule has 0 bridgehead atoms. The lowest BCUT2D eigenvalue weighted by Crippen LogP contribution is -2.54. The minimum absolute atomic E-state index is 0.0278. The number of aliphatic carboxylic acids is 1. The van der Waals surface area contributed by atoms with Gasteiger partial charge in [0.1, 0.15) is 0 Å². The van der Waals surface area contributed by atoms with Crippen LogP contribution in [0.5, 0.6) is 0 Å². The first-order valence-electron chi connectivity index (χ1n) is 7.06. The molecule has 0 radical (unpaired) electrons. The number of carbonyl (C=O) groups excluding carboxylic acids is 1. The Morgan fingerprint density at radius 2 is 1.89 bits per heavy atom. The molecule has 0 spiro atoms. The van der Waals surface area contributed by atoms with Crippen LogP contribution in [0, 0.1) is 17.3 Å². The smallest absolute Gasteiger partial charge is 0.307 e. The monoisotopic (exact) mass is 268 g/mol. The Balaban J connectivity index is 2.01. The second kappa shape index (κ2) is 4.78. The zero-order chi connectivity index (χ0) is 14.4. The summed E-state index contributed by atoms with van der Waals surface area (Å²) in [5, 5.41) is 9.16. The van der Waals surface area contributed by atoms with Gasteiger partial charge < -0.3 is 10.0 Å².